The summed E-state index contributed by atoms with van der Waals surface area (Å²) in [5, 5.41) is 0. The number of ether oxygens (including phenoxy) is 5. The van der Waals surface area contributed by atoms with Gasteiger partial charge in [-0.05, 0) is 82.8 Å². The van der Waals surface area contributed by atoms with Gasteiger partial charge in [0.2, 0.25) is 0 Å². The van der Waals surface area contributed by atoms with Gasteiger partial charge in [-0.2, -0.15) is 0 Å². The van der Waals surface area contributed by atoms with Crippen molar-refractivity contribution >= 4 is 0 Å². The molecule has 52 heavy (non-hydrogen) atoms. The zero-order chi connectivity index (χ0) is 37.0. The lowest BCUT2D eigenvalue weighted by Gasteiger charge is -2.16. The van der Waals surface area contributed by atoms with Gasteiger partial charge in [0, 0.05) is 18.7 Å². The van der Waals surface area contributed by atoms with Crippen LogP contribution in [0.4, 0.5) is 0 Å². The molecule has 0 bridgehead atoms. The van der Waals surface area contributed by atoms with E-state index in [0.717, 1.165) is 36.5 Å². The molecule has 2 rings (SSSR count). The molecule has 298 valence electrons. The third kappa shape index (κ3) is 25.8. The molecular weight excluding hydrogens is 645 g/mol. The molecule has 2 atom stereocenters. The van der Waals surface area contributed by atoms with Crippen molar-refractivity contribution in [3.8, 4) is 11.5 Å². The Balaban J connectivity index is 1.59. The summed E-state index contributed by atoms with van der Waals surface area (Å²) in [6.07, 6.45) is 46.9. The second-order valence-corrected chi connectivity index (χ2v) is 14.8. The summed E-state index contributed by atoms with van der Waals surface area (Å²) < 4.78 is 29.8. The molecule has 1 aliphatic heterocycles. The smallest absolute Gasteiger partial charge is 0.184 e. The summed E-state index contributed by atoms with van der Waals surface area (Å²) in [6, 6.07) is 6.13. The number of unbranched alkanes of at least 4 members (excludes halogenated alkanes) is 21. The monoisotopic (exact) mass is 725 g/mol. The zero-order valence-corrected chi connectivity index (χ0v) is 34.1. The predicted molar refractivity (Wildman–Crippen MR) is 222 cm³/mol. The molecule has 0 aliphatic carbocycles. The van der Waals surface area contributed by atoms with Crippen molar-refractivity contribution in [3.05, 3.63) is 60.2 Å². The summed E-state index contributed by atoms with van der Waals surface area (Å²) in [4.78, 5) is 0. The van der Waals surface area contributed by atoms with Gasteiger partial charge in [0.05, 0.1) is 26.4 Å². The molecule has 1 heterocycles. The molecular formula is C47H80O5. The topological polar surface area (TPSA) is 46.2 Å². The van der Waals surface area contributed by atoms with Crippen molar-refractivity contribution in [2.45, 2.75) is 193 Å². The minimum absolute atomic E-state index is 0.0522. The van der Waals surface area contributed by atoms with E-state index in [1.54, 1.807) is 7.11 Å². The van der Waals surface area contributed by atoms with E-state index >= 15 is 0 Å². The highest BCUT2D eigenvalue weighted by Gasteiger charge is 2.28. The van der Waals surface area contributed by atoms with Crippen molar-refractivity contribution in [2.75, 3.05) is 33.5 Å². The molecule has 0 N–H and O–H groups in total. The minimum Gasteiger partial charge on any atom is -0.493 e. The van der Waals surface area contributed by atoms with Gasteiger partial charge in [-0.1, -0.05) is 147 Å². The lowest BCUT2D eigenvalue weighted by atomic mass is 10.1. The van der Waals surface area contributed by atoms with Gasteiger partial charge in [0.1, 0.15) is 17.6 Å². The maximum atomic E-state index is 6.24. The number of rotatable bonds is 36. The Morgan fingerprint density at radius 1 is 0.519 bits per heavy atom. The van der Waals surface area contributed by atoms with Crippen molar-refractivity contribution < 1.29 is 23.7 Å². The van der Waals surface area contributed by atoms with Gasteiger partial charge < -0.3 is 23.7 Å². The van der Waals surface area contributed by atoms with Crippen molar-refractivity contribution in [1.29, 1.82) is 0 Å². The van der Waals surface area contributed by atoms with Gasteiger partial charge in [0.25, 0.3) is 0 Å². The van der Waals surface area contributed by atoms with Crippen LogP contribution in [0.5, 0.6) is 11.5 Å². The third-order valence-electron chi connectivity index (χ3n) is 9.79. The normalized spacial score (nSPS) is 16.3. The quantitative estimate of drug-likeness (QED) is 0.0509. The van der Waals surface area contributed by atoms with Crippen LogP contribution in [0.3, 0.4) is 0 Å². The summed E-state index contributed by atoms with van der Waals surface area (Å²) in [7, 11) is 1.70. The van der Waals surface area contributed by atoms with Crippen molar-refractivity contribution in [1.82, 2.24) is 0 Å². The molecule has 0 amide bonds. The van der Waals surface area contributed by atoms with Crippen LogP contribution in [-0.4, -0.2) is 39.6 Å². The maximum Gasteiger partial charge on any atom is 0.184 e. The summed E-state index contributed by atoms with van der Waals surface area (Å²) in [5.41, 5.74) is 0.949. The Morgan fingerprint density at radius 3 is 1.42 bits per heavy atom. The number of benzene rings is 1. The van der Waals surface area contributed by atoms with Crippen LogP contribution in [0.15, 0.2) is 54.7 Å². The Morgan fingerprint density at radius 2 is 0.942 bits per heavy atom. The highest BCUT2D eigenvalue weighted by Crippen LogP contribution is 2.33. The molecule has 5 heteroatoms. The Bertz CT molecular complexity index is 1020. The number of allylic oxidation sites excluding steroid dienone is 6. The lowest BCUT2D eigenvalue weighted by Crippen LogP contribution is -2.16. The maximum absolute atomic E-state index is 6.24. The van der Waals surface area contributed by atoms with Crippen LogP contribution >= 0.6 is 0 Å². The van der Waals surface area contributed by atoms with E-state index in [2.05, 4.69) is 50.3 Å². The second-order valence-electron chi connectivity index (χ2n) is 14.8. The first-order chi connectivity index (χ1) is 25.8. The second kappa shape index (κ2) is 34.7. The van der Waals surface area contributed by atoms with Gasteiger partial charge >= 0.3 is 0 Å². The largest absolute Gasteiger partial charge is 0.493 e. The fourth-order valence-electron chi connectivity index (χ4n) is 6.58. The van der Waals surface area contributed by atoms with Crippen molar-refractivity contribution in [2.24, 2.45) is 0 Å². The highest BCUT2D eigenvalue weighted by molar-refractivity contribution is 5.39. The molecule has 1 aliphatic rings. The van der Waals surface area contributed by atoms with Crippen molar-refractivity contribution in [3.63, 3.8) is 0 Å². The highest BCUT2D eigenvalue weighted by atomic mass is 16.7. The number of methoxy groups -OCH3 is 1. The molecule has 1 fully saturated rings. The minimum atomic E-state index is -0.418. The Hall–Kier alpha value is -2.08. The van der Waals surface area contributed by atoms with Crippen LogP contribution in [-0.2, 0) is 14.2 Å². The Kier molecular flexibility index (Phi) is 30.7. The third-order valence-corrected chi connectivity index (χ3v) is 9.79. The molecule has 5 nitrogen and oxygen atoms in total. The van der Waals surface area contributed by atoms with Gasteiger partial charge in [-0.15, -0.1) is 0 Å². The number of hydrogen-bond acceptors (Lipinski definition) is 5. The molecule has 1 saturated heterocycles. The number of hydrogen-bond donors (Lipinski definition) is 0. The summed E-state index contributed by atoms with van der Waals surface area (Å²) in [5.74, 6) is 1.67. The van der Waals surface area contributed by atoms with E-state index in [-0.39, 0.29) is 6.10 Å². The predicted octanol–water partition coefficient (Wildman–Crippen LogP) is 14.4. The molecule has 1 aromatic rings. The average Bonchev–Trinajstić information content (AvgIpc) is 3.63. The molecule has 0 saturated carbocycles. The fraction of sp³-hybridized carbons (Fsp3) is 0.745. The molecule has 0 aromatic heterocycles. The molecule has 1 aromatic carbocycles. The van der Waals surface area contributed by atoms with Crippen LogP contribution < -0.4 is 9.47 Å². The van der Waals surface area contributed by atoms with E-state index in [9.17, 15) is 0 Å². The Labute approximate surface area is 321 Å². The zero-order valence-electron chi connectivity index (χ0n) is 34.1. The average molecular weight is 725 g/mol. The molecule has 2 unspecified atom stereocenters. The van der Waals surface area contributed by atoms with E-state index in [0.29, 0.717) is 19.8 Å². The first kappa shape index (κ1) is 46.1. The SMILES string of the molecule is CCCC/C=C/CC/C=C\CCCCCCCCOc1cc(OCCCCCCCC/C=C\CCCCCCCC)cc(C2OCC(COC)O2)c1. The summed E-state index contributed by atoms with van der Waals surface area (Å²) >= 11 is 0. The van der Waals surface area contributed by atoms with E-state index < -0.39 is 6.29 Å². The van der Waals surface area contributed by atoms with Crippen LogP contribution in [0.25, 0.3) is 0 Å². The van der Waals surface area contributed by atoms with Gasteiger partial charge in [-0.25, -0.2) is 0 Å². The van der Waals surface area contributed by atoms with Crippen LogP contribution in [0.2, 0.25) is 0 Å². The van der Waals surface area contributed by atoms with E-state index in [4.69, 9.17) is 23.7 Å². The molecule has 0 radical (unpaired) electrons. The summed E-state index contributed by atoms with van der Waals surface area (Å²) in [6.45, 7) is 7.02. The van der Waals surface area contributed by atoms with Gasteiger partial charge in [0.15, 0.2) is 6.29 Å². The van der Waals surface area contributed by atoms with E-state index in [1.807, 2.05) is 18.2 Å². The van der Waals surface area contributed by atoms with E-state index in [1.165, 1.54) is 154 Å². The molecule has 0 spiro atoms. The first-order valence-corrected chi connectivity index (χ1v) is 21.9. The lowest BCUT2D eigenvalue weighted by molar-refractivity contribution is -0.0707. The standard InChI is InChI=1S/C47H80O5/c1-4-6-8-10-12-14-16-18-20-22-24-26-28-30-32-34-36-49-44-38-43(47-51-42-46(52-47)41-48-3)39-45(40-44)50-37-35-33-31-29-27-25-23-21-19-17-15-13-11-9-7-5-2/h10,12,18-21,38-40,46-47H,4-9,11,13-17,22-37,41-42H2,1-3H3/b12-10+,20-18-,21-19-. The van der Waals surface area contributed by atoms with Crippen LogP contribution in [0.1, 0.15) is 193 Å². The fourth-order valence-corrected chi connectivity index (χ4v) is 6.58. The first-order valence-electron chi connectivity index (χ1n) is 21.9. The van der Waals surface area contributed by atoms with Crippen LogP contribution in [0, 0.1) is 0 Å². The van der Waals surface area contributed by atoms with Gasteiger partial charge in [-0.3, -0.25) is 0 Å².